The van der Waals surface area contributed by atoms with E-state index in [0.29, 0.717) is 17.7 Å². The van der Waals surface area contributed by atoms with Gasteiger partial charge < -0.3 is 21.4 Å². The van der Waals surface area contributed by atoms with Crippen LogP contribution in [0, 0.1) is 0 Å². The molecule has 3 aromatic carbocycles. The number of nitrogens with two attached hydrogens (primary N) is 3. The van der Waals surface area contributed by atoms with Gasteiger partial charge in [-0.05, 0) is 58.5 Å². The maximum absolute atomic E-state index is 13.1. The predicted molar refractivity (Wildman–Crippen MR) is 158 cm³/mol. The highest BCUT2D eigenvalue weighted by molar-refractivity contribution is 7.87. The summed E-state index contributed by atoms with van der Waals surface area (Å²) < 4.78 is 64.5. The molecule has 12 nitrogen and oxygen atoms in total. The van der Waals surface area contributed by atoms with Gasteiger partial charge in [-0.15, -0.1) is 10.2 Å². The van der Waals surface area contributed by atoms with Crippen LogP contribution in [0.4, 0.5) is 17.3 Å². The van der Waals surface area contributed by atoms with Crippen LogP contribution in [-0.4, -0.2) is 36.8 Å². The fourth-order valence-corrected chi connectivity index (χ4v) is 5.66. The molecule has 14 heteroatoms. The third kappa shape index (κ3) is 7.78. The first-order valence-corrected chi connectivity index (χ1v) is 15.1. The van der Waals surface area contributed by atoms with Gasteiger partial charge in [-0.1, -0.05) is 74.5 Å². The molecular weight excluding hydrogens is 568 g/mol. The lowest BCUT2D eigenvalue weighted by Gasteiger charge is -2.14. The van der Waals surface area contributed by atoms with Crippen LogP contribution in [0.1, 0.15) is 36.1 Å². The number of nitrogens with zero attached hydrogens (tertiary/aromatic N) is 3. The van der Waals surface area contributed by atoms with Crippen molar-refractivity contribution in [3.05, 3.63) is 89.0 Å². The van der Waals surface area contributed by atoms with E-state index in [1.54, 1.807) is 36.4 Å². The van der Waals surface area contributed by atoms with Gasteiger partial charge in [0.25, 0.3) is 10.1 Å². The molecule has 0 amide bonds. The van der Waals surface area contributed by atoms with E-state index in [0.717, 1.165) is 17.5 Å². The van der Waals surface area contributed by atoms with Crippen molar-refractivity contribution in [2.24, 2.45) is 0 Å². The lowest BCUT2D eigenvalue weighted by molar-refractivity contribution is 0.480. The number of rotatable bonds is 8. The Balaban J connectivity index is 0.000000436. The summed E-state index contributed by atoms with van der Waals surface area (Å²) in [5, 5.41) is 9.92. The Bertz CT molecular complexity index is 1760. The maximum Gasteiger partial charge on any atom is 0.339 e. The van der Waals surface area contributed by atoms with Crippen molar-refractivity contribution in [1.82, 2.24) is 15.4 Å². The van der Waals surface area contributed by atoms with Gasteiger partial charge in [0.05, 0.1) is 0 Å². The Hall–Kier alpha value is -4.53. The molecule has 0 aliphatic heterocycles. The van der Waals surface area contributed by atoms with Crippen molar-refractivity contribution in [3.8, 4) is 5.75 Å². The number of benzene rings is 3. The van der Waals surface area contributed by atoms with Crippen molar-refractivity contribution >= 4 is 49.7 Å². The zero-order valence-corrected chi connectivity index (χ0v) is 23.9. The summed E-state index contributed by atoms with van der Waals surface area (Å²) in [7, 11) is -8.59. The van der Waals surface area contributed by atoms with Crippen molar-refractivity contribution in [1.29, 1.82) is 0 Å². The van der Waals surface area contributed by atoms with E-state index in [9.17, 15) is 21.4 Å². The summed E-state index contributed by atoms with van der Waals surface area (Å²) in [6, 6.07) is 17.5. The number of hydrogen-bond acceptors (Lipinski definition) is 11. The van der Waals surface area contributed by atoms with Gasteiger partial charge in [0.2, 0.25) is 0 Å². The second-order valence-corrected chi connectivity index (χ2v) is 11.4. The van der Waals surface area contributed by atoms with E-state index in [-0.39, 0.29) is 32.7 Å². The summed E-state index contributed by atoms with van der Waals surface area (Å²) in [6.45, 7) is 3.94. The van der Waals surface area contributed by atoms with Crippen molar-refractivity contribution in [2.75, 3.05) is 17.2 Å². The Morgan fingerprint density at radius 1 is 0.756 bits per heavy atom. The number of hydrogen-bond donors (Lipinski definition) is 4. The molecule has 0 aliphatic rings. The highest BCUT2D eigenvalue weighted by Gasteiger charge is 2.22. The van der Waals surface area contributed by atoms with Gasteiger partial charge in [0.1, 0.15) is 21.2 Å². The van der Waals surface area contributed by atoms with Crippen molar-refractivity contribution in [3.63, 3.8) is 0 Å². The topological polar surface area (TPSA) is 214 Å². The van der Waals surface area contributed by atoms with E-state index in [4.69, 9.17) is 21.4 Å². The molecule has 7 N–H and O–H groups in total. The van der Waals surface area contributed by atoms with Crippen LogP contribution in [0.5, 0.6) is 5.75 Å². The van der Waals surface area contributed by atoms with E-state index in [2.05, 4.69) is 15.4 Å². The molecule has 0 spiro atoms. The Kier molecular flexibility index (Phi) is 9.99. The smallest absolute Gasteiger partial charge is 0.339 e. The first-order valence-electron chi connectivity index (χ1n) is 12.3. The lowest BCUT2D eigenvalue weighted by atomic mass is 10.0. The Morgan fingerprint density at radius 2 is 1.29 bits per heavy atom. The molecule has 0 fully saturated rings. The van der Waals surface area contributed by atoms with E-state index in [1.807, 2.05) is 19.9 Å². The molecule has 0 radical (unpaired) electrons. The molecular formula is C27H30N6O6S2. The quantitative estimate of drug-likeness (QED) is 0.130. The van der Waals surface area contributed by atoms with Crippen LogP contribution >= 0.6 is 0 Å². The Morgan fingerprint density at radius 3 is 1.80 bits per heavy atom. The van der Waals surface area contributed by atoms with Crippen molar-refractivity contribution < 1.29 is 25.6 Å². The minimum Gasteiger partial charge on any atom is -0.393 e. The summed E-state index contributed by atoms with van der Waals surface area (Å²) in [5.74, 6) is 0.521. The molecule has 0 aliphatic carbocycles. The molecule has 0 bridgehead atoms. The van der Waals surface area contributed by atoms with Crippen molar-refractivity contribution in [2.45, 2.75) is 36.5 Å². The number of aryl methyl sites for hydroxylation is 1. The second kappa shape index (κ2) is 13.2. The summed E-state index contributed by atoms with van der Waals surface area (Å²) in [4.78, 5) is -0.318. The fourth-order valence-electron chi connectivity index (χ4n) is 3.82. The predicted octanol–water partition coefficient (Wildman–Crippen LogP) is 3.61. The summed E-state index contributed by atoms with van der Waals surface area (Å²) in [5.41, 5.74) is 18.3. The molecule has 4 rings (SSSR count). The molecule has 0 atom stereocenters. The molecule has 41 heavy (non-hydrogen) atoms. The van der Waals surface area contributed by atoms with Gasteiger partial charge >= 0.3 is 10.1 Å². The number of nitrogen functional groups attached to an aromatic ring is 3. The maximum atomic E-state index is 13.1. The van der Waals surface area contributed by atoms with Gasteiger partial charge in [0.15, 0.2) is 11.6 Å². The van der Waals surface area contributed by atoms with Crippen LogP contribution in [0.15, 0.2) is 76.5 Å². The van der Waals surface area contributed by atoms with Crippen LogP contribution in [0.2, 0.25) is 0 Å². The molecule has 0 unspecified atom stereocenters. The molecule has 0 saturated carbocycles. The first kappa shape index (κ1) is 31.0. The number of anilines is 3. The first-order chi connectivity index (χ1) is 19.4. The third-order valence-corrected chi connectivity index (χ3v) is 8.09. The SMILES string of the molecule is CCc1cccc(OS(=O)(=O)c2ccccc2/C=C/c2ccccc2S(=O)(=O)O)c1CC.Nc1nnnc(N)c1N. The lowest BCUT2D eigenvalue weighted by Crippen LogP contribution is -2.13. The minimum atomic E-state index is -4.43. The van der Waals surface area contributed by atoms with Crippen LogP contribution in [-0.2, 0) is 33.1 Å². The molecule has 1 heterocycles. The standard InChI is InChI=1S/C24H24O6S2.C3H6N6/c1-3-18-12-9-13-22(21(18)4-2)30-32(28,29)24-15-8-6-11-20(24)17-16-19-10-5-7-14-23(19)31(25,26)27;4-1-2(5)7-9-8-3(1)6/h5-17H,3-4H2,1-2H3,(H,25,26,27);(H2,4,9)(H4,5,6,7,8)/b17-16+;. The van der Waals surface area contributed by atoms with E-state index in [1.165, 1.54) is 36.4 Å². The highest BCUT2D eigenvalue weighted by Crippen LogP contribution is 2.29. The zero-order chi connectivity index (χ0) is 30.2. The Labute approximate surface area is 238 Å². The zero-order valence-electron chi connectivity index (χ0n) is 22.3. The largest absolute Gasteiger partial charge is 0.393 e. The summed E-state index contributed by atoms with van der Waals surface area (Å²) in [6.07, 6.45) is 4.30. The minimum absolute atomic E-state index is 0.0514. The van der Waals surface area contributed by atoms with Gasteiger partial charge in [-0.3, -0.25) is 4.55 Å². The van der Waals surface area contributed by atoms with E-state index >= 15 is 0 Å². The van der Waals surface area contributed by atoms with Crippen LogP contribution in [0.25, 0.3) is 12.2 Å². The molecule has 1 aromatic heterocycles. The average Bonchev–Trinajstić information content (AvgIpc) is 2.94. The number of aromatic nitrogens is 3. The van der Waals surface area contributed by atoms with E-state index < -0.39 is 20.2 Å². The van der Waals surface area contributed by atoms with Crippen LogP contribution < -0.4 is 21.4 Å². The summed E-state index contributed by atoms with van der Waals surface area (Å²) >= 11 is 0. The van der Waals surface area contributed by atoms with Gasteiger partial charge in [-0.2, -0.15) is 16.8 Å². The highest BCUT2D eigenvalue weighted by atomic mass is 32.2. The molecule has 0 saturated heterocycles. The molecule has 216 valence electrons. The average molecular weight is 599 g/mol. The fraction of sp³-hybridized carbons (Fsp3) is 0.148. The van der Waals surface area contributed by atoms with Gasteiger partial charge in [0, 0.05) is 0 Å². The monoisotopic (exact) mass is 598 g/mol. The normalized spacial score (nSPS) is 11.6. The second-order valence-electron chi connectivity index (χ2n) is 8.50. The molecule has 4 aromatic rings. The van der Waals surface area contributed by atoms with Crippen LogP contribution in [0.3, 0.4) is 0 Å². The van der Waals surface area contributed by atoms with Gasteiger partial charge in [-0.25, -0.2) is 0 Å². The third-order valence-electron chi connectivity index (χ3n) is 5.85.